The maximum absolute atomic E-state index is 5.92. The van der Waals surface area contributed by atoms with E-state index in [0.717, 1.165) is 25.6 Å². The van der Waals surface area contributed by atoms with Crippen molar-refractivity contribution < 1.29 is 0 Å². The molecule has 1 aliphatic heterocycles. The molecule has 1 saturated carbocycles. The predicted molar refractivity (Wildman–Crippen MR) is 54.6 cm³/mol. The summed E-state index contributed by atoms with van der Waals surface area (Å²) in [6.07, 6.45) is 2.77. The van der Waals surface area contributed by atoms with Crippen LogP contribution < -0.4 is 11.1 Å². The molecule has 1 saturated heterocycles. The zero-order chi connectivity index (χ0) is 9.31. The zero-order valence-corrected chi connectivity index (χ0v) is 8.55. The first-order valence-corrected chi connectivity index (χ1v) is 5.43. The number of nitrogens with two attached hydrogens (primary N) is 1. The van der Waals surface area contributed by atoms with Crippen LogP contribution in [0.5, 0.6) is 0 Å². The Labute approximate surface area is 80.7 Å². The minimum absolute atomic E-state index is 0.294. The van der Waals surface area contributed by atoms with Crippen molar-refractivity contribution in [2.45, 2.75) is 25.3 Å². The first-order valence-electron chi connectivity index (χ1n) is 5.43. The van der Waals surface area contributed by atoms with E-state index in [2.05, 4.69) is 17.1 Å². The second kappa shape index (κ2) is 3.56. The molecule has 2 fully saturated rings. The van der Waals surface area contributed by atoms with Gasteiger partial charge in [0.1, 0.15) is 0 Å². The zero-order valence-electron chi connectivity index (χ0n) is 8.55. The molecule has 76 valence electrons. The molecule has 3 nitrogen and oxygen atoms in total. The Kier molecular flexibility index (Phi) is 2.58. The molecule has 3 heteroatoms. The van der Waals surface area contributed by atoms with Crippen LogP contribution in [0.4, 0.5) is 0 Å². The van der Waals surface area contributed by atoms with E-state index in [1.54, 1.807) is 0 Å². The van der Waals surface area contributed by atoms with Gasteiger partial charge in [-0.1, -0.05) is 0 Å². The third kappa shape index (κ3) is 1.73. The fourth-order valence-corrected chi connectivity index (χ4v) is 2.43. The van der Waals surface area contributed by atoms with Gasteiger partial charge < -0.3 is 11.1 Å². The van der Waals surface area contributed by atoms with E-state index in [9.17, 15) is 0 Å². The second-order valence-corrected chi connectivity index (χ2v) is 4.57. The summed E-state index contributed by atoms with van der Waals surface area (Å²) in [4.78, 5) is 2.58. The number of nitrogens with one attached hydrogen (secondary N) is 1. The van der Waals surface area contributed by atoms with Crippen molar-refractivity contribution in [3.05, 3.63) is 0 Å². The van der Waals surface area contributed by atoms with Crippen LogP contribution in [0, 0.1) is 5.92 Å². The van der Waals surface area contributed by atoms with Crippen molar-refractivity contribution in [2.24, 2.45) is 11.7 Å². The van der Waals surface area contributed by atoms with Gasteiger partial charge in [0.15, 0.2) is 0 Å². The first kappa shape index (κ1) is 9.44. The molecule has 2 rings (SSSR count). The summed E-state index contributed by atoms with van der Waals surface area (Å²) in [6, 6.07) is 0. The van der Waals surface area contributed by atoms with E-state index in [0.29, 0.717) is 5.54 Å². The van der Waals surface area contributed by atoms with Crippen LogP contribution in [-0.4, -0.2) is 43.2 Å². The molecule has 0 bridgehead atoms. The third-order valence-electron chi connectivity index (χ3n) is 3.71. The van der Waals surface area contributed by atoms with Crippen molar-refractivity contribution in [1.29, 1.82) is 0 Å². The van der Waals surface area contributed by atoms with Gasteiger partial charge in [0.25, 0.3) is 0 Å². The highest BCUT2D eigenvalue weighted by Gasteiger charge is 2.44. The molecule has 0 aromatic rings. The molecule has 0 amide bonds. The normalized spacial score (nSPS) is 30.0. The molecular formula is C10H21N3. The number of rotatable bonds is 3. The molecule has 1 atom stereocenters. The van der Waals surface area contributed by atoms with Gasteiger partial charge in [-0.05, 0) is 25.7 Å². The molecule has 0 radical (unpaired) electrons. The molecule has 1 unspecified atom stereocenters. The van der Waals surface area contributed by atoms with Crippen molar-refractivity contribution >= 4 is 0 Å². The van der Waals surface area contributed by atoms with E-state index in [-0.39, 0.29) is 0 Å². The Morgan fingerprint density at radius 2 is 2.00 bits per heavy atom. The highest BCUT2D eigenvalue weighted by Crippen LogP contribution is 2.42. The minimum Gasteiger partial charge on any atom is -0.329 e. The smallest absolute Gasteiger partial charge is 0.0332 e. The molecule has 1 aliphatic carbocycles. The highest BCUT2D eigenvalue weighted by molar-refractivity contribution is 5.01. The van der Waals surface area contributed by atoms with Crippen LogP contribution in [0.25, 0.3) is 0 Å². The Morgan fingerprint density at radius 3 is 2.46 bits per heavy atom. The Hall–Kier alpha value is -0.120. The monoisotopic (exact) mass is 183 g/mol. The van der Waals surface area contributed by atoms with Crippen LogP contribution in [0.1, 0.15) is 19.8 Å². The number of hydrogen-bond donors (Lipinski definition) is 2. The van der Waals surface area contributed by atoms with E-state index < -0.39 is 0 Å². The Morgan fingerprint density at radius 1 is 1.38 bits per heavy atom. The summed E-state index contributed by atoms with van der Waals surface area (Å²) in [5.74, 6) is 0.871. The summed E-state index contributed by atoms with van der Waals surface area (Å²) in [5, 5.41) is 3.39. The molecule has 0 aromatic heterocycles. The molecule has 1 heterocycles. The Bertz CT molecular complexity index is 173. The highest BCUT2D eigenvalue weighted by atomic mass is 15.3. The summed E-state index contributed by atoms with van der Waals surface area (Å²) in [7, 11) is 0. The number of piperazine rings is 1. The summed E-state index contributed by atoms with van der Waals surface area (Å²) in [6.45, 7) is 7.76. The van der Waals surface area contributed by atoms with Crippen LogP contribution in [-0.2, 0) is 0 Å². The third-order valence-corrected chi connectivity index (χ3v) is 3.71. The van der Waals surface area contributed by atoms with Gasteiger partial charge in [-0.3, -0.25) is 4.90 Å². The summed E-state index contributed by atoms with van der Waals surface area (Å²) in [5.41, 5.74) is 6.21. The van der Waals surface area contributed by atoms with E-state index in [1.807, 2.05) is 0 Å². The van der Waals surface area contributed by atoms with E-state index >= 15 is 0 Å². The van der Waals surface area contributed by atoms with Gasteiger partial charge in [-0.2, -0.15) is 0 Å². The van der Waals surface area contributed by atoms with Crippen molar-refractivity contribution in [3.8, 4) is 0 Å². The lowest BCUT2D eigenvalue weighted by Gasteiger charge is -2.43. The molecule has 0 spiro atoms. The lowest BCUT2D eigenvalue weighted by molar-refractivity contribution is 0.0756. The largest absolute Gasteiger partial charge is 0.329 e. The van der Waals surface area contributed by atoms with Crippen LogP contribution in [0.3, 0.4) is 0 Å². The van der Waals surface area contributed by atoms with Crippen molar-refractivity contribution in [2.75, 3.05) is 32.7 Å². The maximum Gasteiger partial charge on any atom is 0.0332 e. The Balaban J connectivity index is 2.00. The molecular weight excluding hydrogens is 162 g/mol. The summed E-state index contributed by atoms with van der Waals surface area (Å²) < 4.78 is 0. The predicted octanol–water partition coefficient (Wildman–Crippen LogP) is 0.0190. The van der Waals surface area contributed by atoms with Crippen LogP contribution in [0.2, 0.25) is 0 Å². The van der Waals surface area contributed by atoms with Gasteiger partial charge in [0, 0.05) is 38.3 Å². The molecule has 3 N–H and O–H groups in total. The van der Waals surface area contributed by atoms with Crippen molar-refractivity contribution in [1.82, 2.24) is 10.2 Å². The fraction of sp³-hybridized carbons (Fsp3) is 1.00. The summed E-state index contributed by atoms with van der Waals surface area (Å²) >= 11 is 0. The first-order chi connectivity index (χ1) is 6.27. The lowest BCUT2D eigenvalue weighted by Crippen LogP contribution is -2.59. The molecule has 0 aromatic carbocycles. The SMILES string of the molecule is CC(CN)(C1CC1)N1CCNCC1. The fourth-order valence-electron chi connectivity index (χ4n) is 2.43. The van der Waals surface area contributed by atoms with Gasteiger partial charge in [0.05, 0.1) is 0 Å². The van der Waals surface area contributed by atoms with E-state index in [1.165, 1.54) is 25.9 Å². The average molecular weight is 183 g/mol. The van der Waals surface area contributed by atoms with Crippen molar-refractivity contribution in [3.63, 3.8) is 0 Å². The molecule has 2 aliphatic rings. The minimum atomic E-state index is 0.294. The maximum atomic E-state index is 5.92. The number of nitrogens with zero attached hydrogens (tertiary/aromatic N) is 1. The number of hydrogen-bond acceptors (Lipinski definition) is 3. The second-order valence-electron chi connectivity index (χ2n) is 4.57. The van der Waals surface area contributed by atoms with Crippen LogP contribution in [0.15, 0.2) is 0 Å². The topological polar surface area (TPSA) is 41.3 Å². The van der Waals surface area contributed by atoms with Gasteiger partial charge in [0.2, 0.25) is 0 Å². The molecule has 13 heavy (non-hydrogen) atoms. The average Bonchev–Trinajstić information content (AvgIpc) is 3.02. The van der Waals surface area contributed by atoms with Gasteiger partial charge >= 0.3 is 0 Å². The van der Waals surface area contributed by atoms with Gasteiger partial charge in [-0.25, -0.2) is 0 Å². The standard InChI is InChI=1S/C10H21N3/c1-10(8-11,9-2-3-9)13-6-4-12-5-7-13/h9,12H,2-8,11H2,1H3. The van der Waals surface area contributed by atoms with Crippen LogP contribution >= 0.6 is 0 Å². The lowest BCUT2D eigenvalue weighted by atomic mass is 9.93. The quantitative estimate of drug-likeness (QED) is 0.648. The van der Waals surface area contributed by atoms with E-state index in [4.69, 9.17) is 5.73 Å². The van der Waals surface area contributed by atoms with Gasteiger partial charge in [-0.15, -0.1) is 0 Å².